The van der Waals surface area contributed by atoms with Crippen LogP contribution in [-0.4, -0.2) is 29.5 Å². The van der Waals surface area contributed by atoms with Crippen molar-refractivity contribution in [1.29, 1.82) is 0 Å². The maximum absolute atomic E-state index is 5.97. The highest BCUT2D eigenvalue weighted by Gasteiger charge is 2.16. The SMILES string of the molecule is NC(=NC1CCSCC1)NC1CCCCC1. The molecule has 1 saturated carbocycles. The Morgan fingerprint density at radius 3 is 2.44 bits per heavy atom. The summed E-state index contributed by atoms with van der Waals surface area (Å²) in [4.78, 5) is 4.60. The second-order valence-electron chi connectivity index (χ2n) is 4.84. The number of rotatable bonds is 2. The number of thioether (sulfide) groups is 1. The van der Waals surface area contributed by atoms with Gasteiger partial charge in [-0.05, 0) is 37.2 Å². The quantitative estimate of drug-likeness (QED) is 0.575. The van der Waals surface area contributed by atoms with Crippen molar-refractivity contribution in [1.82, 2.24) is 5.32 Å². The van der Waals surface area contributed by atoms with Gasteiger partial charge in [-0.3, -0.25) is 4.99 Å². The Morgan fingerprint density at radius 2 is 1.75 bits per heavy atom. The Hall–Kier alpha value is -0.380. The van der Waals surface area contributed by atoms with Crippen LogP contribution in [0.25, 0.3) is 0 Å². The van der Waals surface area contributed by atoms with E-state index in [0.717, 1.165) is 0 Å². The molecule has 92 valence electrons. The van der Waals surface area contributed by atoms with Gasteiger partial charge in [0.05, 0.1) is 6.04 Å². The van der Waals surface area contributed by atoms with Gasteiger partial charge in [-0.25, -0.2) is 0 Å². The van der Waals surface area contributed by atoms with Crippen LogP contribution in [0, 0.1) is 0 Å². The minimum absolute atomic E-state index is 0.470. The molecule has 0 aromatic heterocycles. The normalized spacial score (nSPS) is 25.6. The van der Waals surface area contributed by atoms with Crippen LogP contribution in [0.15, 0.2) is 4.99 Å². The molecule has 0 unspecified atom stereocenters. The van der Waals surface area contributed by atoms with Crippen molar-refractivity contribution in [3.63, 3.8) is 0 Å². The van der Waals surface area contributed by atoms with Gasteiger partial charge in [0.25, 0.3) is 0 Å². The first-order chi connectivity index (χ1) is 7.84. The second kappa shape index (κ2) is 6.38. The number of nitrogens with zero attached hydrogens (tertiary/aromatic N) is 1. The first-order valence-electron chi connectivity index (χ1n) is 6.52. The van der Waals surface area contributed by atoms with Crippen molar-refractivity contribution < 1.29 is 0 Å². The Balaban J connectivity index is 1.76. The summed E-state index contributed by atoms with van der Waals surface area (Å²) in [6.45, 7) is 0. The summed E-state index contributed by atoms with van der Waals surface area (Å²) >= 11 is 2.03. The van der Waals surface area contributed by atoms with Crippen molar-refractivity contribution >= 4 is 17.7 Å². The molecule has 1 aliphatic heterocycles. The Labute approximate surface area is 103 Å². The van der Waals surface area contributed by atoms with Crippen LogP contribution >= 0.6 is 11.8 Å². The van der Waals surface area contributed by atoms with Crippen molar-refractivity contribution in [2.24, 2.45) is 10.7 Å². The van der Waals surface area contributed by atoms with Crippen molar-refractivity contribution in [2.45, 2.75) is 57.0 Å². The third-order valence-electron chi connectivity index (χ3n) is 3.47. The van der Waals surface area contributed by atoms with E-state index in [1.54, 1.807) is 0 Å². The average Bonchev–Trinajstić information content (AvgIpc) is 2.31. The van der Waals surface area contributed by atoms with Crippen molar-refractivity contribution in [3.8, 4) is 0 Å². The molecular formula is C12H23N3S. The molecule has 2 fully saturated rings. The minimum atomic E-state index is 0.470. The standard InChI is InChI=1S/C12H23N3S/c13-12(14-10-4-2-1-3-5-10)15-11-6-8-16-9-7-11/h10-11H,1-9H2,(H3,13,14,15). The summed E-state index contributed by atoms with van der Waals surface area (Å²) in [5, 5.41) is 3.39. The zero-order chi connectivity index (χ0) is 11.2. The molecule has 0 radical (unpaired) electrons. The number of aliphatic imine (C=N–C) groups is 1. The van der Waals surface area contributed by atoms with E-state index >= 15 is 0 Å². The molecule has 0 amide bonds. The van der Waals surface area contributed by atoms with Crippen molar-refractivity contribution in [2.75, 3.05) is 11.5 Å². The predicted molar refractivity (Wildman–Crippen MR) is 72.0 cm³/mol. The lowest BCUT2D eigenvalue weighted by Gasteiger charge is -2.24. The highest BCUT2D eigenvalue weighted by atomic mass is 32.2. The van der Waals surface area contributed by atoms with Gasteiger partial charge in [-0.1, -0.05) is 19.3 Å². The van der Waals surface area contributed by atoms with E-state index in [4.69, 9.17) is 5.73 Å². The van der Waals surface area contributed by atoms with Crippen molar-refractivity contribution in [3.05, 3.63) is 0 Å². The predicted octanol–water partition coefficient (Wildman–Crippen LogP) is 2.12. The molecule has 0 spiro atoms. The maximum atomic E-state index is 5.97. The van der Waals surface area contributed by atoms with E-state index in [-0.39, 0.29) is 0 Å². The fourth-order valence-electron chi connectivity index (χ4n) is 2.50. The number of nitrogens with two attached hydrogens (primary N) is 1. The summed E-state index contributed by atoms with van der Waals surface area (Å²) in [6, 6.07) is 1.05. The van der Waals surface area contributed by atoms with Crippen LogP contribution in [-0.2, 0) is 0 Å². The van der Waals surface area contributed by atoms with Crippen LogP contribution in [0.2, 0.25) is 0 Å². The zero-order valence-electron chi connectivity index (χ0n) is 9.95. The molecule has 3 N–H and O–H groups in total. The molecule has 4 heteroatoms. The molecule has 16 heavy (non-hydrogen) atoms. The smallest absolute Gasteiger partial charge is 0.189 e. The van der Waals surface area contributed by atoms with Gasteiger partial charge in [-0.2, -0.15) is 11.8 Å². The van der Waals surface area contributed by atoms with E-state index in [0.29, 0.717) is 18.0 Å². The molecule has 1 saturated heterocycles. The van der Waals surface area contributed by atoms with Gasteiger partial charge in [0.2, 0.25) is 0 Å². The van der Waals surface area contributed by atoms with Gasteiger partial charge in [0.15, 0.2) is 5.96 Å². The fourth-order valence-corrected chi connectivity index (χ4v) is 3.59. The molecule has 0 bridgehead atoms. The Bertz CT molecular complexity index is 230. The summed E-state index contributed by atoms with van der Waals surface area (Å²) < 4.78 is 0. The highest BCUT2D eigenvalue weighted by molar-refractivity contribution is 7.99. The van der Waals surface area contributed by atoms with E-state index in [2.05, 4.69) is 10.3 Å². The lowest BCUT2D eigenvalue weighted by Crippen LogP contribution is -2.42. The van der Waals surface area contributed by atoms with E-state index in [1.807, 2.05) is 11.8 Å². The Morgan fingerprint density at radius 1 is 1.06 bits per heavy atom. The highest BCUT2D eigenvalue weighted by Crippen LogP contribution is 2.20. The monoisotopic (exact) mass is 241 g/mol. The van der Waals surface area contributed by atoms with Gasteiger partial charge in [0.1, 0.15) is 0 Å². The topological polar surface area (TPSA) is 50.4 Å². The van der Waals surface area contributed by atoms with Crippen LogP contribution in [0.4, 0.5) is 0 Å². The Kier molecular flexibility index (Phi) is 4.82. The average molecular weight is 241 g/mol. The third kappa shape index (κ3) is 3.89. The fraction of sp³-hybridized carbons (Fsp3) is 0.917. The molecule has 2 aliphatic rings. The van der Waals surface area contributed by atoms with Gasteiger partial charge >= 0.3 is 0 Å². The molecule has 1 aliphatic carbocycles. The molecule has 0 aromatic carbocycles. The first kappa shape index (κ1) is 12.1. The van der Waals surface area contributed by atoms with Gasteiger partial charge in [-0.15, -0.1) is 0 Å². The largest absolute Gasteiger partial charge is 0.370 e. The summed E-state index contributed by atoms with van der Waals surface area (Å²) in [7, 11) is 0. The molecule has 0 atom stereocenters. The number of hydrogen-bond donors (Lipinski definition) is 2. The summed E-state index contributed by atoms with van der Waals surface area (Å²) in [5.41, 5.74) is 5.97. The third-order valence-corrected chi connectivity index (χ3v) is 4.52. The molecular weight excluding hydrogens is 218 g/mol. The lowest BCUT2D eigenvalue weighted by molar-refractivity contribution is 0.411. The van der Waals surface area contributed by atoms with Crippen LogP contribution in [0.3, 0.4) is 0 Å². The number of hydrogen-bond acceptors (Lipinski definition) is 2. The molecule has 2 rings (SSSR count). The number of nitrogens with one attached hydrogen (secondary N) is 1. The zero-order valence-corrected chi connectivity index (χ0v) is 10.8. The maximum Gasteiger partial charge on any atom is 0.189 e. The second-order valence-corrected chi connectivity index (χ2v) is 6.06. The van der Waals surface area contributed by atoms with Crippen LogP contribution in [0.1, 0.15) is 44.9 Å². The van der Waals surface area contributed by atoms with E-state index in [1.165, 1.54) is 56.5 Å². The van der Waals surface area contributed by atoms with Crippen LogP contribution in [0.5, 0.6) is 0 Å². The molecule has 0 aromatic rings. The molecule has 3 nitrogen and oxygen atoms in total. The van der Waals surface area contributed by atoms with E-state index in [9.17, 15) is 0 Å². The number of guanidine groups is 1. The molecule has 1 heterocycles. The summed E-state index contributed by atoms with van der Waals surface area (Å²) in [5.74, 6) is 3.17. The summed E-state index contributed by atoms with van der Waals surface area (Å²) in [6.07, 6.45) is 8.97. The minimum Gasteiger partial charge on any atom is -0.370 e. The lowest BCUT2D eigenvalue weighted by atomic mass is 9.96. The van der Waals surface area contributed by atoms with E-state index < -0.39 is 0 Å². The van der Waals surface area contributed by atoms with Gasteiger partial charge < -0.3 is 11.1 Å². The van der Waals surface area contributed by atoms with Gasteiger partial charge in [0, 0.05) is 6.04 Å². The first-order valence-corrected chi connectivity index (χ1v) is 7.67. The van der Waals surface area contributed by atoms with Crippen LogP contribution < -0.4 is 11.1 Å².